The second kappa shape index (κ2) is 8.91. The Labute approximate surface area is 167 Å². The van der Waals surface area contributed by atoms with Gasteiger partial charge in [-0.15, -0.1) is 0 Å². The SMILES string of the molecule is CC(C)CC(COc1ccc2c3ccncc3c(=O)n(CCO)c2c1)NC(=O)O. The summed E-state index contributed by atoms with van der Waals surface area (Å²) in [6, 6.07) is 6.86. The number of nitrogens with one attached hydrogen (secondary N) is 1. The number of carboxylic acid groups (broad SMARTS) is 1. The van der Waals surface area contributed by atoms with Crippen molar-refractivity contribution in [1.82, 2.24) is 14.9 Å². The van der Waals surface area contributed by atoms with Crippen molar-refractivity contribution >= 4 is 27.8 Å². The fraction of sp³-hybridized carbons (Fsp3) is 0.381. The highest BCUT2D eigenvalue weighted by atomic mass is 16.5. The largest absolute Gasteiger partial charge is 0.491 e. The van der Waals surface area contributed by atoms with E-state index in [4.69, 9.17) is 9.84 Å². The lowest BCUT2D eigenvalue weighted by Gasteiger charge is -2.20. The summed E-state index contributed by atoms with van der Waals surface area (Å²) in [6.45, 7) is 4.18. The summed E-state index contributed by atoms with van der Waals surface area (Å²) in [5.41, 5.74) is 0.420. The quantitative estimate of drug-likeness (QED) is 0.502. The number of aliphatic hydroxyl groups excluding tert-OH is 1. The maximum Gasteiger partial charge on any atom is 0.404 e. The van der Waals surface area contributed by atoms with Gasteiger partial charge in [0.15, 0.2) is 0 Å². The third-order valence-corrected chi connectivity index (χ3v) is 4.71. The van der Waals surface area contributed by atoms with Crippen LogP contribution in [0.4, 0.5) is 4.79 Å². The van der Waals surface area contributed by atoms with E-state index in [0.29, 0.717) is 29.0 Å². The van der Waals surface area contributed by atoms with Crippen LogP contribution in [0.5, 0.6) is 5.75 Å². The molecule has 3 N–H and O–H groups in total. The van der Waals surface area contributed by atoms with Gasteiger partial charge in [0.1, 0.15) is 12.4 Å². The Morgan fingerprint density at radius 2 is 2.03 bits per heavy atom. The van der Waals surface area contributed by atoms with Crippen LogP contribution in [0.1, 0.15) is 20.3 Å². The molecule has 2 heterocycles. The molecule has 1 amide bonds. The molecule has 0 fully saturated rings. The Hall–Kier alpha value is -3.13. The molecule has 1 unspecified atom stereocenters. The topological polar surface area (TPSA) is 114 Å². The molecule has 154 valence electrons. The van der Waals surface area contributed by atoms with Gasteiger partial charge < -0.3 is 24.8 Å². The van der Waals surface area contributed by atoms with E-state index in [-0.39, 0.29) is 31.4 Å². The van der Waals surface area contributed by atoms with E-state index in [1.807, 2.05) is 19.9 Å². The second-order valence-corrected chi connectivity index (χ2v) is 7.37. The van der Waals surface area contributed by atoms with Gasteiger partial charge in [-0.2, -0.15) is 0 Å². The molecule has 29 heavy (non-hydrogen) atoms. The number of fused-ring (bicyclic) bond motifs is 3. The summed E-state index contributed by atoms with van der Waals surface area (Å²) in [4.78, 5) is 27.9. The molecule has 1 atom stereocenters. The normalized spacial score (nSPS) is 12.4. The van der Waals surface area contributed by atoms with Crippen molar-refractivity contribution in [3.05, 3.63) is 47.0 Å². The third-order valence-electron chi connectivity index (χ3n) is 4.71. The first-order valence-corrected chi connectivity index (χ1v) is 9.54. The number of ether oxygens (including phenoxy) is 1. The lowest BCUT2D eigenvalue weighted by atomic mass is 10.0. The van der Waals surface area contributed by atoms with Crippen molar-refractivity contribution in [3.8, 4) is 5.75 Å². The van der Waals surface area contributed by atoms with Crippen LogP contribution >= 0.6 is 0 Å². The first-order chi connectivity index (χ1) is 13.9. The highest BCUT2D eigenvalue weighted by Crippen LogP contribution is 2.26. The number of hydrogen-bond acceptors (Lipinski definition) is 5. The molecule has 1 aromatic carbocycles. The standard InChI is InChI=1S/C21H25N3O5/c1-13(2)9-14(23-21(27)28)12-29-15-3-4-17-16-5-6-22-11-18(16)20(26)24(7-8-25)19(17)10-15/h3-6,10-11,13-14,23,25H,7-9,12H2,1-2H3,(H,27,28). The van der Waals surface area contributed by atoms with E-state index in [9.17, 15) is 14.7 Å². The fourth-order valence-corrected chi connectivity index (χ4v) is 3.54. The van der Waals surface area contributed by atoms with E-state index in [0.717, 1.165) is 10.8 Å². The van der Waals surface area contributed by atoms with Crippen molar-refractivity contribution < 1.29 is 19.7 Å². The van der Waals surface area contributed by atoms with Crippen LogP contribution in [-0.4, -0.2) is 45.1 Å². The van der Waals surface area contributed by atoms with Gasteiger partial charge in [0.05, 0.1) is 23.6 Å². The molecule has 0 aliphatic carbocycles. The number of amides is 1. The van der Waals surface area contributed by atoms with Gasteiger partial charge in [-0.1, -0.05) is 13.8 Å². The fourth-order valence-electron chi connectivity index (χ4n) is 3.54. The van der Waals surface area contributed by atoms with E-state index in [1.165, 1.54) is 10.8 Å². The van der Waals surface area contributed by atoms with Crippen LogP contribution in [0.2, 0.25) is 0 Å². The molecule has 0 saturated heterocycles. The predicted molar refractivity (Wildman–Crippen MR) is 110 cm³/mol. The zero-order valence-electron chi connectivity index (χ0n) is 16.5. The molecule has 3 rings (SSSR count). The smallest absolute Gasteiger partial charge is 0.404 e. The van der Waals surface area contributed by atoms with Crippen molar-refractivity contribution in [2.24, 2.45) is 5.92 Å². The third kappa shape index (κ3) is 4.65. The highest BCUT2D eigenvalue weighted by molar-refractivity contribution is 6.05. The summed E-state index contributed by atoms with van der Waals surface area (Å²) in [7, 11) is 0. The number of hydrogen-bond donors (Lipinski definition) is 3. The molecule has 0 aliphatic heterocycles. The monoisotopic (exact) mass is 399 g/mol. The Morgan fingerprint density at radius 1 is 1.24 bits per heavy atom. The summed E-state index contributed by atoms with van der Waals surface area (Å²) < 4.78 is 7.35. The van der Waals surface area contributed by atoms with Crippen molar-refractivity contribution in [2.75, 3.05) is 13.2 Å². The van der Waals surface area contributed by atoms with Crippen LogP contribution in [0.3, 0.4) is 0 Å². The second-order valence-electron chi connectivity index (χ2n) is 7.37. The number of aromatic nitrogens is 2. The molecule has 8 heteroatoms. The summed E-state index contributed by atoms with van der Waals surface area (Å²) >= 11 is 0. The summed E-state index contributed by atoms with van der Waals surface area (Å²) in [5, 5.41) is 23.1. The number of rotatable bonds is 8. The van der Waals surface area contributed by atoms with Gasteiger partial charge in [0.25, 0.3) is 5.56 Å². The number of aliphatic hydroxyl groups is 1. The van der Waals surface area contributed by atoms with Gasteiger partial charge in [-0.3, -0.25) is 9.78 Å². The number of benzene rings is 1. The maximum absolute atomic E-state index is 12.8. The lowest BCUT2D eigenvalue weighted by Crippen LogP contribution is -2.39. The van der Waals surface area contributed by atoms with Gasteiger partial charge in [-0.25, -0.2) is 4.79 Å². The average molecular weight is 399 g/mol. The van der Waals surface area contributed by atoms with Crippen molar-refractivity contribution in [2.45, 2.75) is 32.9 Å². The van der Waals surface area contributed by atoms with Gasteiger partial charge >= 0.3 is 6.09 Å². The molecule has 0 saturated carbocycles. The Bertz CT molecular complexity index is 1080. The van der Waals surface area contributed by atoms with E-state index in [1.54, 1.807) is 24.4 Å². The number of nitrogens with zero attached hydrogens (tertiary/aromatic N) is 2. The number of pyridine rings is 2. The molecule has 3 aromatic rings. The van der Waals surface area contributed by atoms with E-state index < -0.39 is 6.09 Å². The molecule has 0 aliphatic rings. The minimum absolute atomic E-state index is 0.153. The minimum Gasteiger partial charge on any atom is -0.491 e. The zero-order chi connectivity index (χ0) is 21.0. The highest BCUT2D eigenvalue weighted by Gasteiger charge is 2.16. The Kier molecular flexibility index (Phi) is 6.33. The summed E-state index contributed by atoms with van der Waals surface area (Å²) in [6.07, 6.45) is 2.72. The zero-order valence-corrected chi connectivity index (χ0v) is 16.5. The molecule has 8 nitrogen and oxygen atoms in total. The van der Waals surface area contributed by atoms with Crippen LogP contribution in [0.25, 0.3) is 21.7 Å². The molecular formula is C21H25N3O5. The van der Waals surface area contributed by atoms with Crippen LogP contribution < -0.4 is 15.6 Å². The first-order valence-electron chi connectivity index (χ1n) is 9.54. The lowest BCUT2D eigenvalue weighted by molar-refractivity contribution is 0.176. The predicted octanol–water partition coefficient (Wildman–Crippen LogP) is 2.60. The van der Waals surface area contributed by atoms with Crippen LogP contribution in [0, 0.1) is 5.92 Å². The molecule has 0 radical (unpaired) electrons. The Balaban J connectivity index is 1.98. The van der Waals surface area contributed by atoms with Crippen LogP contribution in [-0.2, 0) is 6.54 Å². The van der Waals surface area contributed by atoms with Crippen molar-refractivity contribution in [3.63, 3.8) is 0 Å². The van der Waals surface area contributed by atoms with Gasteiger partial charge in [-0.05, 0) is 35.9 Å². The average Bonchev–Trinajstić information content (AvgIpc) is 2.68. The molecule has 0 bridgehead atoms. The molecule has 2 aromatic heterocycles. The molecular weight excluding hydrogens is 374 g/mol. The Morgan fingerprint density at radius 3 is 2.72 bits per heavy atom. The van der Waals surface area contributed by atoms with Gasteiger partial charge in [0.2, 0.25) is 0 Å². The number of carbonyl (C=O) groups is 1. The first kappa shape index (κ1) is 20.6. The van der Waals surface area contributed by atoms with E-state index >= 15 is 0 Å². The van der Waals surface area contributed by atoms with Crippen LogP contribution in [0.15, 0.2) is 41.5 Å². The van der Waals surface area contributed by atoms with Gasteiger partial charge in [0, 0.05) is 30.4 Å². The summed E-state index contributed by atoms with van der Waals surface area (Å²) in [5.74, 6) is 0.833. The molecule has 0 spiro atoms. The maximum atomic E-state index is 12.8. The minimum atomic E-state index is -1.09. The van der Waals surface area contributed by atoms with Crippen molar-refractivity contribution in [1.29, 1.82) is 0 Å². The van der Waals surface area contributed by atoms with E-state index in [2.05, 4.69) is 10.3 Å².